The molecule has 5 heteroatoms. The molecule has 1 aromatic carbocycles. The van der Waals surface area contributed by atoms with Gasteiger partial charge in [-0.25, -0.2) is 4.39 Å². The van der Waals surface area contributed by atoms with Gasteiger partial charge < -0.3 is 14.8 Å². The standard InChI is InChI=1S/C13H19BrFNO2/c1-17-7-8-18-6-2-5-16-10-11-9-12(14)3-4-13(11)15/h3-4,9,16H,2,5-8,10H2,1H3. The maximum atomic E-state index is 13.4. The van der Waals surface area contributed by atoms with Crippen LogP contribution in [0.25, 0.3) is 0 Å². The van der Waals surface area contributed by atoms with Crippen LogP contribution in [0, 0.1) is 5.82 Å². The van der Waals surface area contributed by atoms with Gasteiger partial charge in [0.25, 0.3) is 0 Å². The lowest BCUT2D eigenvalue weighted by Crippen LogP contribution is -2.17. The molecule has 0 bridgehead atoms. The second-order valence-corrected chi connectivity index (χ2v) is 4.79. The van der Waals surface area contributed by atoms with E-state index < -0.39 is 0 Å². The third-order valence-electron chi connectivity index (χ3n) is 2.40. The zero-order chi connectivity index (χ0) is 13.2. The molecule has 0 radical (unpaired) electrons. The summed E-state index contributed by atoms with van der Waals surface area (Å²) in [5.41, 5.74) is 0.671. The Morgan fingerprint density at radius 1 is 1.28 bits per heavy atom. The maximum Gasteiger partial charge on any atom is 0.127 e. The van der Waals surface area contributed by atoms with Crippen molar-refractivity contribution in [3.63, 3.8) is 0 Å². The first-order valence-electron chi connectivity index (χ1n) is 5.95. The topological polar surface area (TPSA) is 30.5 Å². The van der Waals surface area contributed by atoms with Gasteiger partial charge in [-0.3, -0.25) is 0 Å². The number of halogens is 2. The first kappa shape index (κ1) is 15.6. The SMILES string of the molecule is COCCOCCCNCc1cc(Br)ccc1F. The van der Waals surface area contributed by atoms with Gasteiger partial charge in [-0.1, -0.05) is 15.9 Å². The second-order valence-electron chi connectivity index (χ2n) is 3.87. The lowest BCUT2D eigenvalue weighted by molar-refractivity contribution is 0.0694. The van der Waals surface area contributed by atoms with Crippen molar-refractivity contribution in [2.45, 2.75) is 13.0 Å². The summed E-state index contributed by atoms with van der Waals surface area (Å²) in [6, 6.07) is 4.95. The molecule has 0 spiro atoms. The average molecular weight is 320 g/mol. The minimum absolute atomic E-state index is 0.179. The van der Waals surface area contributed by atoms with Crippen molar-refractivity contribution in [1.82, 2.24) is 5.32 Å². The highest BCUT2D eigenvalue weighted by molar-refractivity contribution is 9.10. The van der Waals surface area contributed by atoms with Crippen LogP contribution in [0.2, 0.25) is 0 Å². The largest absolute Gasteiger partial charge is 0.382 e. The average Bonchev–Trinajstić information content (AvgIpc) is 2.36. The van der Waals surface area contributed by atoms with Crippen molar-refractivity contribution in [3.05, 3.63) is 34.1 Å². The lowest BCUT2D eigenvalue weighted by atomic mass is 10.2. The number of methoxy groups -OCH3 is 1. The smallest absolute Gasteiger partial charge is 0.127 e. The molecule has 0 atom stereocenters. The summed E-state index contributed by atoms with van der Waals surface area (Å²) >= 11 is 3.33. The fourth-order valence-electron chi connectivity index (χ4n) is 1.45. The minimum Gasteiger partial charge on any atom is -0.382 e. The molecule has 0 saturated heterocycles. The lowest BCUT2D eigenvalue weighted by Gasteiger charge is -2.07. The first-order chi connectivity index (χ1) is 8.74. The van der Waals surface area contributed by atoms with Crippen LogP contribution in [0.15, 0.2) is 22.7 Å². The van der Waals surface area contributed by atoms with E-state index in [0.29, 0.717) is 31.9 Å². The zero-order valence-corrected chi connectivity index (χ0v) is 12.1. The van der Waals surface area contributed by atoms with Gasteiger partial charge in [-0.2, -0.15) is 0 Å². The van der Waals surface area contributed by atoms with E-state index in [-0.39, 0.29) is 5.82 Å². The molecule has 0 heterocycles. The van der Waals surface area contributed by atoms with Gasteiger partial charge in [0.05, 0.1) is 13.2 Å². The Balaban J connectivity index is 2.09. The monoisotopic (exact) mass is 319 g/mol. The van der Waals surface area contributed by atoms with E-state index in [1.807, 2.05) is 0 Å². The van der Waals surface area contributed by atoms with E-state index in [1.165, 1.54) is 6.07 Å². The van der Waals surface area contributed by atoms with Crippen molar-refractivity contribution >= 4 is 15.9 Å². The molecule has 0 aliphatic heterocycles. The number of ether oxygens (including phenoxy) is 2. The van der Waals surface area contributed by atoms with Crippen LogP contribution in [0.4, 0.5) is 4.39 Å². The van der Waals surface area contributed by atoms with Crippen molar-refractivity contribution in [2.75, 3.05) is 33.5 Å². The van der Waals surface area contributed by atoms with E-state index in [4.69, 9.17) is 9.47 Å². The van der Waals surface area contributed by atoms with Gasteiger partial charge in [0.1, 0.15) is 5.82 Å². The molecule has 0 fully saturated rings. The Morgan fingerprint density at radius 3 is 2.89 bits per heavy atom. The summed E-state index contributed by atoms with van der Waals surface area (Å²) in [6.07, 6.45) is 0.902. The number of hydrogen-bond donors (Lipinski definition) is 1. The molecule has 1 rings (SSSR count). The van der Waals surface area contributed by atoms with Crippen LogP contribution < -0.4 is 5.32 Å². The number of benzene rings is 1. The van der Waals surface area contributed by atoms with Gasteiger partial charge >= 0.3 is 0 Å². The molecular formula is C13H19BrFNO2. The van der Waals surface area contributed by atoms with E-state index in [9.17, 15) is 4.39 Å². The van der Waals surface area contributed by atoms with Crippen LogP contribution >= 0.6 is 15.9 Å². The first-order valence-corrected chi connectivity index (χ1v) is 6.74. The molecule has 0 unspecified atom stereocenters. The molecule has 0 aliphatic rings. The van der Waals surface area contributed by atoms with E-state index in [0.717, 1.165) is 17.4 Å². The molecule has 0 aliphatic carbocycles. The molecule has 0 aromatic heterocycles. The molecule has 18 heavy (non-hydrogen) atoms. The molecule has 102 valence electrons. The zero-order valence-electron chi connectivity index (χ0n) is 10.5. The predicted molar refractivity (Wildman–Crippen MR) is 73.1 cm³/mol. The van der Waals surface area contributed by atoms with Crippen LogP contribution in [0.5, 0.6) is 0 Å². The summed E-state index contributed by atoms with van der Waals surface area (Å²) in [5.74, 6) is -0.179. The van der Waals surface area contributed by atoms with Gasteiger partial charge in [0, 0.05) is 30.3 Å². The fourth-order valence-corrected chi connectivity index (χ4v) is 1.85. The molecule has 0 saturated carbocycles. The summed E-state index contributed by atoms with van der Waals surface area (Å²) in [6.45, 7) is 3.27. The Hall–Kier alpha value is -0.490. The van der Waals surface area contributed by atoms with Crippen LogP contribution in [-0.2, 0) is 16.0 Å². The quantitative estimate of drug-likeness (QED) is 0.710. The van der Waals surface area contributed by atoms with Crippen LogP contribution in [0.3, 0.4) is 0 Å². The Labute approximate surface area is 116 Å². The fraction of sp³-hybridized carbons (Fsp3) is 0.538. The van der Waals surface area contributed by atoms with Crippen molar-refractivity contribution in [2.24, 2.45) is 0 Å². The Kier molecular flexibility index (Phi) is 8.17. The van der Waals surface area contributed by atoms with Gasteiger partial charge in [-0.05, 0) is 31.2 Å². The van der Waals surface area contributed by atoms with E-state index in [2.05, 4.69) is 21.2 Å². The highest BCUT2D eigenvalue weighted by Gasteiger charge is 2.01. The second kappa shape index (κ2) is 9.44. The minimum atomic E-state index is -0.179. The van der Waals surface area contributed by atoms with Crippen LogP contribution in [-0.4, -0.2) is 33.5 Å². The molecule has 3 nitrogen and oxygen atoms in total. The summed E-state index contributed by atoms with van der Waals surface area (Å²) in [4.78, 5) is 0. The third kappa shape index (κ3) is 6.44. The van der Waals surface area contributed by atoms with Gasteiger partial charge in [-0.15, -0.1) is 0 Å². The van der Waals surface area contributed by atoms with Gasteiger partial charge in [0.15, 0.2) is 0 Å². The third-order valence-corrected chi connectivity index (χ3v) is 2.89. The molecule has 1 N–H and O–H groups in total. The highest BCUT2D eigenvalue weighted by atomic mass is 79.9. The van der Waals surface area contributed by atoms with Crippen molar-refractivity contribution in [3.8, 4) is 0 Å². The van der Waals surface area contributed by atoms with E-state index >= 15 is 0 Å². The maximum absolute atomic E-state index is 13.4. The van der Waals surface area contributed by atoms with E-state index in [1.54, 1.807) is 19.2 Å². The number of hydrogen-bond acceptors (Lipinski definition) is 3. The Morgan fingerprint density at radius 2 is 2.11 bits per heavy atom. The highest BCUT2D eigenvalue weighted by Crippen LogP contribution is 2.15. The molecule has 0 amide bonds. The normalized spacial score (nSPS) is 10.8. The molecule has 1 aromatic rings. The van der Waals surface area contributed by atoms with Gasteiger partial charge in [0.2, 0.25) is 0 Å². The Bertz CT molecular complexity index is 350. The number of nitrogens with one attached hydrogen (secondary N) is 1. The van der Waals surface area contributed by atoms with Crippen molar-refractivity contribution in [1.29, 1.82) is 0 Å². The number of rotatable bonds is 9. The summed E-state index contributed by atoms with van der Waals surface area (Å²) < 4.78 is 24.5. The van der Waals surface area contributed by atoms with Crippen molar-refractivity contribution < 1.29 is 13.9 Å². The predicted octanol–water partition coefficient (Wildman–Crippen LogP) is 2.73. The summed E-state index contributed by atoms with van der Waals surface area (Å²) in [7, 11) is 1.65. The van der Waals surface area contributed by atoms with Crippen LogP contribution in [0.1, 0.15) is 12.0 Å². The summed E-state index contributed by atoms with van der Waals surface area (Å²) in [5, 5.41) is 3.19. The molecular weight excluding hydrogens is 301 g/mol.